The second-order valence-corrected chi connectivity index (χ2v) is 5.32. The second-order valence-electron chi connectivity index (χ2n) is 5.32. The quantitative estimate of drug-likeness (QED) is 0.815. The molecule has 22 heavy (non-hydrogen) atoms. The number of methoxy groups -OCH3 is 1. The molecule has 1 aliphatic rings. The van der Waals surface area contributed by atoms with Crippen LogP contribution in [0, 0.1) is 0 Å². The van der Waals surface area contributed by atoms with Gasteiger partial charge in [0.05, 0.1) is 24.7 Å². The molecule has 0 radical (unpaired) electrons. The van der Waals surface area contributed by atoms with Crippen molar-refractivity contribution in [2.75, 3.05) is 13.7 Å². The number of halogens is 2. The molecule has 2 heterocycles. The molecule has 0 unspecified atom stereocenters. The van der Waals surface area contributed by atoms with Gasteiger partial charge in [-0.25, -0.2) is 4.98 Å². The number of para-hydroxylation sites is 2. The topological polar surface area (TPSA) is 47.4 Å². The molecule has 1 fully saturated rings. The first-order valence-electron chi connectivity index (χ1n) is 7.17. The SMILES string of the molecule is COC(=O)[C@H]1CCCN1Cc1nc2ccccc2n1C(F)F. The molecule has 0 bridgehead atoms. The van der Waals surface area contributed by atoms with E-state index in [9.17, 15) is 13.6 Å². The molecule has 1 aliphatic heterocycles. The van der Waals surface area contributed by atoms with Crippen molar-refractivity contribution < 1.29 is 18.3 Å². The Bertz CT molecular complexity index is 686. The lowest BCUT2D eigenvalue weighted by molar-refractivity contribution is -0.146. The van der Waals surface area contributed by atoms with E-state index >= 15 is 0 Å². The van der Waals surface area contributed by atoms with Crippen LogP contribution in [-0.4, -0.2) is 40.1 Å². The minimum atomic E-state index is -2.67. The molecule has 1 saturated heterocycles. The van der Waals surface area contributed by atoms with Crippen LogP contribution in [0.3, 0.4) is 0 Å². The monoisotopic (exact) mass is 309 g/mol. The largest absolute Gasteiger partial charge is 0.468 e. The van der Waals surface area contributed by atoms with Gasteiger partial charge in [0.25, 0.3) is 0 Å². The minimum Gasteiger partial charge on any atom is -0.468 e. The minimum absolute atomic E-state index is 0.207. The summed E-state index contributed by atoms with van der Waals surface area (Å²) in [5, 5.41) is 0. The van der Waals surface area contributed by atoms with Gasteiger partial charge in [0.15, 0.2) is 0 Å². The highest BCUT2D eigenvalue weighted by molar-refractivity contribution is 5.77. The normalized spacial score (nSPS) is 19.2. The number of nitrogens with zero attached hydrogens (tertiary/aromatic N) is 3. The number of aromatic nitrogens is 2. The van der Waals surface area contributed by atoms with Crippen LogP contribution < -0.4 is 0 Å². The summed E-state index contributed by atoms with van der Waals surface area (Å²) >= 11 is 0. The van der Waals surface area contributed by atoms with E-state index in [2.05, 4.69) is 4.98 Å². The molecule has 1 atom stereocenters. The third-order valence-corrected chi connectivity index (χ3v) is 4.05. The third kappa shape index (κ3) is 2.56. The van der Waals surface area contributed by atoms with Gasteiger partial charge in [-0.1, -0.05) is 12.1 Å². The highest BCUT2D eigenvalue weighted by Gasteiger charge is 2.33. The molecular formula is C15H17F2N3O2. The van der Waals surface area contributed by atoms with E-state index in [1.54, 1.807) is 24.3 Å². The van der Waals surface area contributed by atoms with Crippen LogP contribution in [0.4, 0.5) is 8.78 Å². The molecule has 0 saturated carbocycles. The number of benzene rings is 1. The number of hydrogen-bond acceptors (Lipinski definition) is 4. The Morgan fingerprint density at radius 3 is 2.95 bits per heavy atom. The number of rotatable bonds is 4. The van der Waals surface area contributed by atoms with Gasteiger partial charge in [-0.2, -0.15) is 8.78 Å². The number of fused-ring (bicyclic) bond motifs is 1. The smallest absolute Gasteiger partial charge is 0.323 e. The van der Waals surface area contributed by atoms with Crippen LogP contribution in [0.25, 0.3) is 11.0 Å². The zero-order valence-corrected chi connectivity index (χ0v) is 12.2. The molecule has 0 spiro atoms. The van der Waals surface area contributed by atoms with E-state index in [1.807, 2.05) is 4.90 Å². The molecule has 1 aromatic heterocycles. The van der Waals surface area contributed by atoms with Crippen LogP contribution in [0.2, 0.25) is 0 Å². The molecule has 2 aromatic rings. The van der Waals surface area contributed by atoms with Gasteiger partial charge in [-0.3, -0.25) is 14.3 Å². The average molecular weight is 309 g/mol. The van der Waals surface area contributed by atoms with Gasteiger partial charge >= 0.3 is 12.5 Å². The summed E-state index contributed by atoms with van der Waals surface area (Å²) in [6.45, 7) is -1.79. The first-order chi connectivity index (χ1) is 10.6. The Morgan fingerprint density at radius 1 is 1.45 bits per heavy atom. The van der Waals surface area contributed by atoms with Crippen LogP contribution in [0.5, 0.6) is 0 Å². The summed E-state index contributed by atoms with van der Waals surface area (Å²) in [7, 11) is 1.34. The molecule has 0 aliphatic carbocycles. The summed E-state index contributed by atoms with van der Waals surface area (Å²) in [6.07, 6.45) is 1.52. The standard InChI is InChI=1S/C15H17F2N3O2/c1-22-14(21)12-7-4-8-19(12)9-13-18-10-5-2-3-6-11(10)20(13)15(16)17/h2-3,5-6,12,15H,4,7-9H2,1H3/t12-/m1/s1. The second kappa shape index (κ2) is 6.00. The summed E-state index contributed by atoms with van der Waals surface area (Å²) in [5.74, 6) is -0.0517. The Balaban J connectivity index is 1.93. The first-order valence-corrected chi connectivity index (χ1v) is 7.17. The molecule has 3 rings (SSSR count). The van der Waals surface area contributed by atoms with Crippen molar-refractivity contribution in [3.8, 4) is 0 Å². The predicted octanol–water partition coefficient (Wildman–Crippen LogP) is 2.57. The highest BCUT2D eigenvalue weighted by atomic mass is 19.3. The maximum atomic E-state index is 13.4. The Hall–Kier alpha value is -2.02. The van der Waals surface area contributed by atoms with E-state index < -0.39 is 6.55 Å². The number of esters is 1. The molecule has 5 nitrogen and oxygen atoms in total. The van der Waals surface area contributed by atoms with Gasteiger partial charge in [0, 0.05) is 0 Å². The summed E-state index contributed by atoms with van der Waals surface area (Å²) in [6, 6.07) is 6.43. The predicted molar refractivity (Wildman–Crippen MR) is 76.4 cm³/mol. The number of alkyl halides is 2. The number of carbonyl (C=O) groups is 1. The zero-order chi connectivity index (χ0) is 15.7. The summed E-state index contributed by atoms with van der Waals surface area (Å²) < 4.78 is 32.5. The summed E-state index contributed by atoms with van der Waals surface area (Å²) in [5.41, 5.74) is 0.938. The number of likely N-dealkylation sites (tertiary alicyclic amines) is 1. The van der Waals surface area contributed by atoms with Gasteiger partial charge in [0.1, 0.15) is 11.9 Å². The fraction of sp³-hybridized carbons (Fsp3) is 0.467. The fourth-order valence-electron chi connectivity index (χ4n) is 3.02. The maximum Gasteiger partial charge on any atom is 0.323 e. The lowest BCUT2D eigenvalue weighted by Crippen LogP contribution is -2.37. The lowest BCUT2D eigenvalue weighted by Gasteiger charge is -2.22. The van der Waals surface area contributed by atoms with Gasteiger partial charge < -0.3 is 4.74 Å². The number of imidazole rings is 1. The molecule has 0 N–H and O–H groups in total. The van der Waals surface area contributed by atoms with Crippen molar-refractivity contribution in [3.05, 3.63) is 30.1 Å². The number of carbonyl (C=O) groups excluding carboxylic acids is 1. The van der Waals surface area contributed by atoms with Crippen molar-refractivity contribution >= 4 is 17.0 Å². The van der Waals surface area contributed by atoms with E-state index in [1.165, 1.54) is 7.11 Å². The van der Waals surface area contributed by atoms with E-state index in [4.69, 9.17) is 4.74 Å². The van der Waals surface area contributed by atoms with Crippen molar-refractivity contribution in [2.45, 2.75) is 32.0 Å². The molecular weight excluding hydrogens is 292 g/mol. The highest BCUT2D eigenvalue weighted by Crippen LogP contribution is 2.26. The fourth-order valence-corrected chi connectivity index (χ4v) is 3.02. The van der Waals surface area contributed by atoms with Gasteiger partial charge in [0.2, 0.25) is 0 Å². The van der Waals surface area contributed by atoms with Crippen molar-refractivity contribution in [3.63, 3.8) is 0 Å². The summed E-state index contributed by atoms with van der Waals surface area (Å²) in [4.78, 5) is 17.9. The zero-order valence-electron chi connectivity index (χ0n) is 12.2. The van der Waals surface area contributed by atoms with Crippen molar-refractivity contribution in [1.29, 1.82) is 0 Å². The number of hydrogen-bond donors (Lipinski definition) is 0. The lowest BCUT2D eigenvalue weighted by atomic mass is 10.2. The van der Waals surface area contributed by atoms with Crippen LogP contribution >= 0.6 is 0 Å². The Labute approximate surface area is 126 Å². The van der Waals surface area contributed by atoms with Crippen LogP contribution in [0.15, 0.2) is 24.3 Å². The average Bonchev–Trinajstić information content (AvgIpc) is 3.10. The van der Waals surface area contributed by atoms with Crippen LogP contribution in [0.1, 0.15) is 25.2 Å². The number of ether oxygens (including phenoxy) is 1. The van der Waals surface area contributed by atoms with Gasteiger partial charge in [-0.15, -0.1) is 0 Å². The third-order valence-electron chi connectivity index (χ3n) is 4.05. The van der Waals surface area contributed by atoms with Crippen molar-refractivity contribution in [2.24, 2.45) is 0 Å². The maximum absolute atomic E-state index is 13.4. The van der Waals surface area contributed by atoms with Crippen LogP contribution in [-0.2, 0) is 16.1 Å². The molecule has 1 aromatic carbocycles. The first kappa shape index (κ1) is 14.9. The Morgan fingerprint density at radius 2 is 2.23 bits per heavy atom. The van der Waals surface area contributed by atoms with E-state index in [0.29, 0.717) is 24.0 Å². The Kier molecular flexibility index (Phi) is 4.06. The molecule has 118 valence electrons. The molecule has 7 heteroatoms. The van der Waals surface area contributed by atoms with E-state index in [0.717, 1.165) is 11.0 Å². The van der Waals surface area contributed by atoms with Crippen molar-refractivity contribution in [1.82, 2.24) is 14.5 Å². The van der Waals surface area contributed by atoms with E-state index in [-0.39, 0.29) is 24.4 Å². The molecule has 0 amide bonds. The van der Waals surface area contributed by atoms with Gasteiger partial charge in [-0.05, 0) is 31.5 Å².